The van der Waals surface area contributed by atoms with Gasteiger partial charge in [0.05, 0.1) is 6.54 Å². The SMILES string of the molecule is CC(C)CCCCCCCCCN1CCN(C)CC1.CC(C)NCC=O. The molecule has 0 aromatic heterocycles. The van der Waals surface area contributed by atoms with E-state index in [1.165, 1.54) is 84.1 Å². The lowest BCUT2D eigenvalue weighted by atomic mass is 10.0. The maximum absolute atomic E-state index is 9.65. The van der Waals surface area contributed by atoms with Crippen LogP contribution >= 0.6 is 0 Å². The van der Waals surface area contributed by atoms with E-state index in [9.17, 15) is 4.79 Å². The zero-order valence-electron chi connectivity index (χ0n) is 18.4. The molecule has 0 saturated carbocycles. The second-order valence-corrected chi connectivity index (χ2v) is 8.53. The van der Waals surface area contributed by atoms with E-state index in [0.29, 0.717) is 12.6 Å². The van der Waals surface area contributed by atoms with Crippen LogP contribution in [0.5, 0.6) is 0 Å². The topological polar surface area (TPSA) is 35.6 Å². The summed E-state index contributed by atoms with van der Waals surface area (Å²) in [6.07, 6.45) is 12.4. The van der Waals surface area contributed by atoms with E-state index < -0.39 is 0 Å². The highest BCUT2D eigenvalue weighted by molar-refractivity contribution is 5.51. The van der Waals surface area contributed by atoms with Crippen LogP contribution in [0.25, 0.3) is 0 Å². The van der Waals surface area contributed by atoms with E-state index in [4.69, 9.17) is 0 Å². The Bertz CT molecular complexity index is 300. The van der Waals surface area contributed by atoms with Crippen LogP contribution in [0.2, 0.25) is 0 Å². The predicted molar refractivity (Wildman–Crippen MR) is 115 cm³/mol. The van der Waals surface area contributed by atoms with Crippen LogP contribution in [-0.2, 0) is 4.79 Å². The van der Waals surface area contributed by atoms with Crippen molar-refractivity contribution in [3.05, 3.63) is 0 Å². The first-order valence-electron chi connectivity index (χ1n) is 11.0. The largest absolute Gasteiger partial charge is 0.308 e. The van der Waals surface area contributed by atoms with E-state index in [0.717, 1.165) is 12.2 Å². The van der Waals surface area contributed by atoms with Crippen molar-refractivity contribution < 1.29 is 4.79 Å². The maximum atomic E-state index is 9.65. The Hall–Kier alpha value is -0.450. The molecule has 4 heteroatoms. The van der Waals surface area contributed by atoms with Gasteiger partial charge in [0.25, 0.3) is 0 Å². The summed E-state index contributed by atoms with van der Waals surface area (Å²) in [4.78, 5) is 14.7. The molecule has 1 fully saturated rings. The minimum atomic E-state index is 0.421. The number of hydrogen-bond donors (Lipinski definition) is 1. The summed E-state index contributed by atoms with van der Waals surface area (Å²) in [7, 11) is 2.23. The number of piperazine rings is 1. The molecule has 0 radical (unpaired) electrons. The van der Waals surface area contributed by atoms with Gasteiger partial charge in [-0.3, -0.25) is 0 Å². The Morgan fingerprint density at radius 1 is 0.846 bits per heavy atom. The normalized spacial score (nSPS) is 16.0. The number of hydrogen-bond acceptors (Lipinski definition) is 4. The molecule has 156 valence electrons. The Morgan fingerprint density at radius 2 is 1.38 bits per heavy atom. The third kappa shape index (κ3) is 18.3. The highest BCUT2D eigenvalue weighted by atomic mass is 16.1. The fourth-order valence-electron chi connectivity index (χ4n) is 3.13. The van der Waals surface area contributed by atoms with Crippen molar-refractivity contribution in [1.82, 2.24) is 15.1 Å². The molecule has 0 unspecified atom stereocenters. The molecular formula is C22H47N3O. The van der Waals surface area contributed by atoms with Crippen LogP contribution in [0.15, 0.2) is 0 Å². The lowest BCUT2D eigenvalue weighted by molar-refractivity contribution is -0.107. The molecule has 0 aromatic carbocycles. The smallest absolute Gasteiger partial charge is 0.133 e. The second kappa shape index (κ2) is 17.9. The lowest BCUT2D eigenvalue weighted by Gasteiger charge is -2.32. The lowest BCUT2D eigenvalue weighted by Crippen LogP contribution is -2.44. The van der Waals surface area contributed by atoms with Gasteiger partial charge in [0.2, 0.25) is 0 Å². The fraction of sp³-hybridized carbons (Fsp3) is 0.955. The van der Waals surface area contributed by atoms with E-state index in [-0.39, 0.29) is 0 Å². The van der Waals surface area contributed by atoms with Gasteiger partial charge in [0.1, 0.15) is 6.29 Å². The second-order valence-electron chi connectivity index (χ2n) is 8.53. The van der Waals surface area contributed by atoms with Crippen LogP contribution in [0.1, 0.15) is 79.1 Å². The molecule has 1 saturated heterocycles. The fourth-order valence-corrected chi connectivity index (χ4v) is 3.13. The van der Waals surface area contributed by atoms with Gasteiger partial charge < -0.3 is 19.9 Å². The van der Waals surface area contributed by atoms with Crippen LogP contribution in [0.4, 0.5) is 0 Å². The van der Waals surface area contributed by atoms with Crippen LogP contribution in [-0.4, -0.2) is 68.4 Å². The number of nitrogens with zero attached hydrogens (tertiary/aromatic N) is 2. The van der Waals surface area contributed by atoms with Crippen LogP contribution in [0, 0.1) is 5.92 Å². The molecule has 0 aliphatic carbocycles. The highest BCUT2D eigenvalue weighted by Gasteiger charge is 2.12. The van der Waals surface area contributed by atoms with Crippen molar-refractivity contribution in [3.8, 4) is 0 Å². The van der Waals surface area contributed by atoms with Crippen LogP contribution < -0.4 is 5.32 Å². The van der Waals surface area contributed by atoms with Crippen molar-refractivity contribution in [2.45, 2.75) is 85.1 Å². The zero-order chi connectivity index (χ0) is 19.6. The van der Waals surface area contributed by atoms with Gasteiger partial charge in [-0.05, 0) is 25.9 Å². The molecule has 0 amide bonds. The first-order valence-corrected chi connectivity index (χ1v) is 11.0. The number of rotatable bonds is 13. The maximum Gasteiger partial charge on any atom is 0.133 e. The van der Waals surface area contributed by atoms with Crippen molar-refractivity contribution >= 4 is 6.29 Å². The summed E-state index contributed by atoms with van der Waals surface area (Å²) >= 11 is 0. The number of unbranched alkanes of at least 4 members (excludes halogenated alkanes) is 6. The summed E-state index contributed by atoms with van der Waals surface area (Å²) in [5.74, 6) is 0.892. The molecule has 0 atom stereocenters. The number of carbonyl (C=O) groups is 1. The Balaban J connectivity index is 0.000000758. The number of aldehydes is 1. The zero-order valence-corrected chi connectivity index (χ0v) is 18.4. The number of carbonyl (C=O) groups excluding carboxylic acids is 1. The first kappa shape index (κ1) is 25.6. The van der Waals surface area contributed by atoms with Gasteiger partial charge in [0.15, 0.2) is 0 Å². The summed E-state index contributed by atoms with van der Waals surface area (Å²) in [6, 6.07) is 0.421. The molecule has 1 N–H and O–H groups in total. The third-order valence-corrected chi connectivity index (χ3v) is 4.96. The average Bonchev–Trinajstić information content (AvgIpc) is 2.60. The number of likely N-dealkylation sites (N-methyl/N-ethyl adjacent to an activating group) is 1. The number of nitrogens with one attached hydrogen (secondary N) is 1. The van der Waals surface area contributed by atoms with Crippen molar-refractivity contribution in [2.24, 2.45) is 5.92 Å². The van der Waals surface area contributed by atoms with E-state index in [1.54, 1.807) is 0 Å². The molecule has 0 bridgehead atoms. The van der Waals surface area contributed by atoms with Gasteiger partial charge in [0, 0.05) is 32.2 Å². The Kier molecular flexibility index (Phi) is 17.6. The molecule has 1 heterocycles. The van der Waals surface area contributed by atoms with Crippen molar-refractivity contribution in [2.75, 3.05) is 46.3 Å². The molecular weight excluding hydrogens is 322 g/mol. The van der Waals surface area contributed by atoms with Crippen LogP contribution in [0.3, 0.4) is 0 Å². The molecule has 1 rings (SSSR count). The standard InChI is InChI=1S/C17H36N2.C5H11NO/c1-17(2)11-9-7-5-4-6-8-10-12-19-15-13-18(3)14-16-19;1-5(2)6-3-4-7/h17H,4-16H2,1-3H3;4-6H,3H2,1-2H3. The highest BCUT2D eigenvalue weighted by Crippen LogP contribution is 2.12. The predicted octanol–water partition coefficient (Wildman–Crippen LogP) is 4.19. The first-order chi connectivity index (χ1) is 12.5. The van der Waals surface area contributed by atoms with Gasteiger partial charge in [-0.2, -0.15) is 0 Å². The average molecular weight is 370 g/mol. The van der Waals surface area contributed by atoms with Gasteiger partial charge in [-0.1, -0.05) is 72.6 Å². The summed E-state index contributed by atoms with van der Waals surface area (Å²) < 4.78 is 0. The van der Waals surface area contributed by atoms with Gasteiger partial charge in [-0.15, -0.1) is 0 Å². The molecule has 1 aliphatic heterocycles. The third-order valence-electron chi connectivity index (χ3n) is 4.96. The monoisotopic (exact) mass is 369 g/mol. The molecule has 26 heavy (non-hydrogen) atoms. The minimum absolute atomic E-state index is 0.421. The Morgan fingerprint density at radius 3 is 1.85 bits per heavy atom. The quantitative estimate of drug-likeness (QED) is 0.390. The molecule has 4 nitrogen and oxygen atoms in total. The summed E-state index contributed by atoms with van der Waals surface area (Å²) in [5, 5.41) is 2.93. The van der Waals surface area contributed by atoms with Gasteiger partial charge in [-0.25, -0.2) is 0 Å². The van der Waals surface area contributed by atoms with E-state index in [1.807, 2.05) is 13.8 Å². The van der Waals surface area contributed by atoms with Crippen molar-refractivity contribution in [3.63, 3.8) is 0 Å². The molecule has 0 spiro atoms. The van der Waals surface area contributed by atoms with Crippen molar-refractivity contribution in [1.29, 1.82) is 0 Å². The minimum Gasteiger partial charge on any atom is -0.308 e. The van der Waals surface area contributed by atoms with E-state index in [2.05, 4.69) is 36.0 Å². The molecule has 0 aromatic rings. The summed E-state index contributed by atoms with van der Waals surface area (Å²) in [6.45, 7) is 15.6. The van der Waals surface area contributed by atoms with Gasteiger partial charge >= 0.3 is 0 Å². The summed E-state index contributed by atoms with van der Waals surface area (Å²) in [5.41, 5.74) is 0. The Labute approximate surface area is 164 Å². The van der Waals surface area contributed by atoms with E-state index >= 15 is 0 Å². The molecule has 1 aliphatic rings.